The van der Waals surface area contributed by atoms with Crippen molar-refractivity contribution in [2.75, 3.05) is 6.54 Å². The molecule has 2 rings (SSSR count). The van der Waals surface area contributed by atoms with Crippen LogP contribution in [0.1, 0.15) is 19.2 Å². The first kappa shape index (κ1) is 11.2. The zero-order valence-electron chi connectivity index (χ0n) is 9.00. The minimum atomic E-state index is 0.344. The third kappa shape index (κ3) is 2.65. The number of hydrogen-bond acceptors (Lipinski definition) is 4. The molecule has 0 aliphatic heterocycles. The van der Waals surface area contributed by atoms with Crippen molar-refractivity contribution >= 4 is 11.6 Å². The molecule has 0 bridgehead atoms. The maximum Gasteiger partial charge on any atom is 0.209 e. The van der Waals surface area contributed by atoms with E-state index in [2.05, 4.69) is 17.2 Å². The van der Waals surface area contributed by atoms with Gasteiger partial charge in [-0.15, -0.1) is 0 Å². The minimum absolute atomic E-state index is 0.344. The highest BCUT2D eigenvalue weighted by Crippen LogP contribution is 2.25. The van der Waals surface area contributed by atoms with Crippen LogP contribution in [0, 0.1) is 0 Å². The van der Waals surface area contributed by atoms with Crippen molar-refractivity contribution < 1.29 is 8.83 Å². The molecule has 0 spiro atoms. The summed E-state index contributed by atoms with van der Waals surface area (Å²) in [7, 11) is 0. The summed E-state index contributed by atoms with van der Waals surface area (Å²) >= 11 is 5.68. The highest BCUT2D eigenvalue weighted by molar-refractivity contribution is 6.28. The van der Waals surface area contributed by atoms with E-state index in [9.17, 15) is 0 Å². The number of nitrogens with one attached hydrogen (secondary N) is 1. The Morgan fingerprint density at radius 1 is 1.31 bits per heavy atom. The van der Waals surface area contributed by atoms with E-state index in [0.717, 1.165) is 13.0 Å². The number of halogens is 1. The van der Waals surface area contributed by atoms with Crippen LogP contribution in [0.2, 0.25) is 5.22 Å². The van der Waals surface area contributed by atoms with Gasteiger partial charge in [-0.25, -0.2) is 4.98 Å². The van der Waals surface area contributed by atoms with Gasteiger partial charge < -0.3 is 14.2 Å². The van der Waals surface area contributed by atoms with Crippen molar-refractivity contribution in [2.45, 2.75) is 19.9 Å². The van der Waals surface area contributed by atoms with E-state index in [0.29, 0.717) is 29.2 Å². The molecule has 0 aromatic carbocycles. The van der Waals surface area contributed by atoms with Crippen LogP contribution in [0.3, 0.4) is 0 Å². The molecule has 4 nitrogen and oxygen atoms in total. The highest BCUT2D eigenvalue weighted by atomic mass is 35.5. The fourth-order valence-corrected chi connectivity index (χ4v) is 1.47. The largest absolute Gasteiger partial charge is 0.441 e. The molecule has 0 saturated heterocycles. The smallest absolute Gasteiger partial charge is 0.209 e. The van der Waals surface area contributed by atoms with E-state index < -0.39 is 0 Å². The molecule has 16 heavy (non-hydrogen) atoms. The van der Waals surface area contributed by atoms with E-state index in [4.69, 9.17) is 20.4 Å². The Bertz CT molecular complexity index is 450. The van der Waals surface area contributed by atoms with Gasteiger partial charge in [0.1, 0.15) is 0 Å². The second kappa shape index (κ2) is 5.18. The lowest BCUT2D eigenvalue weighted by Gasteiger charge is -1.97. The van der Waals surface area contributed by atoms with Gasteiger partial charge >= 0.3 is 0 Å². The molecule has 86 valence electrons. The third-order valence-electron chi connectivity index (χ3n) is 2.07. The summed E-state index contributed by atoms with van der Waals surface area (Å²) in [5.74, 6) is 1.84. The van der Waals surface area contributed by atoms with E-state index in [-0.39, 0.29) is 0 Å². The lowest BCUT2D eigenvalue weighted by atomic mass is 10.4. The monoisotopic (exact) mass is 240 g/mol. The Balaban J connectivity index is 2.02. The Morgan fingerprint density at radius 2 is 2.19 bits per heavy atom. The summed E-state index contributed by atoms with van der Waals surface area (Å²) in [4.78, 5) is 4.14. The zero-order valence-corrected chi connectivity index (χ0v) is 9.75. The first-order valence-corrected chi connectivity index (χ1v) is 5.58. The standard InChI is InChI=1S/C11H13ClN2O2/c1-2-5-13-7-11-14-6-9(16-11)8-3-4-10(12)15-8/h3-4,6,13H,2,5,7H2,1H3. The van der Waals surface area contributed by atoms with Crippen LogP contribution in [0.25, 0.3) is 11.5 Å². The zero-order chi connectivity index (χ0) is 11.4. The Hall–Kier alpha value is -1.26. The molecule has 5 heteroatoms. The fraction of sp³-hybridized carbons (Fsp3) is 0.364. The molecule has 1 N–H and O–H groups in total. The number of nitrogens with zero attached hydrogens (tertiary/aromatic N) is 1. The number of hydrogen-bond donors (Lipinski definition) is 1. The quantitative estimate of drug-likeness (QED) is 0.816. The average molecular weight is 241 g/mol. The van der Waals surface area contributed by atoms with Crippen LogP contribution < -0.4 is 5.32 Å². The molecule has 0 fully saturated rings. The van der Waals surface area contributed by atoms with Crippen molar-refractivity contribution in [2.24, 2.45) is 0 Å². The SMILES string of the molecule is CCCNCc1ncc(-c2ccc(Cl)o2)o1. The average Bonchev–Trinajstić information content (AvgIpc) is 2.87. The van der Waals surface area contributed by atoms with Crippen molar-refractivity contribution in [3.8, 4) is 11.5 Å². The maximum atomic E-state index is 5.68. The first-order valence-electron chi connectivity index (χ1n) is 5.20. The molecular formula is C11H13ClN2O2. The molecule has 0 aliphatic carbocycles. The second-order valence-electron chi connectivity index (χ2n) is 3.40. The molecule has 0 saturated carbocycles. The predicted molar refractivity (Wildman–Crippen MR) is 61.2 cm³/mol. The van der Waals surface area contributed by atoms with Gasteiger partial charge in [-0.1, -0.05) is 6.92 Å². The summed E-state index contributed by atoms with van der Waals surface area (Å²) in [5.41, 5.74) is 0. The Labute approximate surface area is 98.6 Å². The van der Waals surface area contributed by atoms with Crippen LogP contribution in [-0.2, 0) is 6.54 Å². The number of oxazole rings is 1. The normalized spacial score (nSPS) is 10.9. The van der Waals surface area contributed by atoms with Crippen molar-refractivity contribution in [3.05, 3.63) is 29.4 Å². The minimum Gasteiger partial charge on any atom is -0.441 e. The molecule has 0 atom stereocenters. The second-order valence-corrected chi connectivity index (χ2v) is 3.77. The van der Waals surface area contributed by atoms with Gasteiger partial charge in [0.2, 0.25) is 5.89 Å². The van der Waals surface area contributed by atoms with Gasteiger partial charge in [0, 0.05) is 0 Å². The van der Waals surface area contributed by atoms with Gasteiger partial charge in [0.05, 0.1) is 12.7 Å². The van der Waals surface area contributed by atoms with Crippen molar-refractivity contribution in [1.29, 1.82) is 0 Å². The summed E-state index contributed by atoms with van der Waals surface area (Å²) in [6, 6.07) is 3.43. The van der Waals surface area contributed by atoms with Crippen LogP contribution in [0.4, 0.5) is 0 Å². The topological polar surface area (TPSA) is 51.2 Å². The molecular weight excluding hydrogens is 228 g/mol. The van der Waals surface area contributed by atoms with Crippen molar-refractivity contribution in [3.63, 3.8) is 0 Å². The number of aromatic nitrogens is 1. The molecule has 2 aromatic rings. The molecule has 2 aromatic heterocycles. The van der Waals surface area contributed by atoms with Crippen LogP contribution in [0.5, 0.6) is 0 Å². The Morgan fingerprint density at radius 3 is 2.88 bits per heavy atom. The van der Waals surface area contributed by atoms with E-state index in [1.165, 1.54) is 0 Å². The molecule has 0 aliphatic rings. The summed E-state index contributed by atoms with van der Waals surface area (Å²) in [5, 5.41) is 3.55. The van der Waals surface area contributed by atoms with Gasteiger partial charge in [-0.2, -0.15) is 0 Å². The molecule has 0 amide bonds. The lowest BCUT2D eigenvalue weighted by molar-refractivity contribution is 0.462. The highest BCUT2D eigenvalue weighted by Gasteiger charge is 2.09. The lowest BCUT2D eigenvalue weighted by Crippen LogP contribution is -2.13. The van der Waals surface area contributed by atoms with Gasteiger partial charge in [-0.05, 0) is 36.7 Å². The van der Waals surface area contributed by atoms with Crippen LogP contribution in [0.15, 0.2) is 27.2 Å². The summed E-state index contributed by atoms with van der Waals surface area (Å²) in [6.07, 6.45) is 2.72. The molecule has 0 unspecified atom stereocenters. The molecule has 0 radical (unpaired) electrons. The van der Waals surface area contributed by atoms with E-state index in [1.807, 2.05) is 0 Å². The summed E-state index contributed by atoms with van der Waals surface area (Å²) in [6.45, 7) is 3.69. The van der Waals surface area contributed by atoms with Crippen LogP contribution >= 0.6 is 11.6 Å². The van der Waals surface area contributed by atoms with Crippen molar-refractivity contribution in [1.82, 2.24) is 10.3 Å². The molecule has 2 heterocycles. The Kier molecular flexibility index (Phi) is 3.64. The third-order valence-corrected chi connectivity index (χ3v) is 2.28. The number of furan rings is 1. The fourth-order valence-electron chi connectivity index (χ4n) is 1.32. The maximum absolute atomic E-state index is 5.68. The summed E-state index contributed by atoms with van der Waals surface area (Å²) < 4.78 is 10.7. The number of rotatable bonds is 5. The van der Waals surface area contributed by atoms with E-state index in [1.54, 1.807) is 18.3 Å². The van der Waals surface area contributed by atoms with Gasteiger partial charge in [0.25, 0.3) is 0 Å². The van der Waals surface area contributed by atoms with Gasteiger partial charge in [0.15, 0.2) is 16.7 Å². The predicted octanol–water partition coefficient (Wildman–Crippen LogP) is 3.09. The van der Waals surface area contributed by atoms with Crippen LogP contribution in [-0.4, -0.2) is 11.5 Å². The first-order chi connectivity index (χ1) is 7.79. The van der Waals surface area contributed by atoms with Gasteiger partial charge in [-0.3, -0.25) is 0 Å². The van der Waals surface area contributed by atoms with E-state index >= 15 is 0 Å².